The van der Waals surface area contributed by atoms with Crippen LogP contribution in [-0.2, 0) is 0 Å². The van der Waals surface area contributed by atoms with Gasteiger partial charge in [0.2, 0.25) is 0 Å². The summed E-state index contributed by atoms with van der Waals surface area (Å²) in [6.07, 6.45) is 3.49. The van der Waals surface area contributed by atoms with Crippen molar-refractivity contribution >= 4 is 100 Å². The molecule has 5 heteroatoms. The molecule has 0 amide bonds. The summed E-state index contributed by atoms with van der Waals surface area (Å²) in [6.45, 7) is -0.0825. The van der Waals surface area contributed by atoms with Gasteiger partial charge >= 0.3 is 0 Å². The molecule has 0 saturated carbocycles. The summed E-state index contributed by atoms with van der Waals surface area (Å²) in [5.41, 5.74) is 17.2. The summed E-state index contributed by atoms with van der Waals surface area (Å²) >= 11 is 0. The van der Waals surface area contributed by atoms with E-state index in [2.05, 4.69) is 233 Å². The van der Waals surface area contributed by atoms with Gasteiger partial charge in [-0.05, 0) is 161 Å². The maximum atomic E-state index is 4.88. The van der Waals surface area contributed by atoms with Gasteiger partial charge in [0.05, 0.1) is 5.69 Å². The second-order valence-corrected chi connectivity index (χ2v) is 17.9. The van der Waals surface area contributed by atoms with E-state index in [1.807, 2.05) is 12.3 Å². The molecule has 0 saturated heterocycles. The highest BCUT2D eigenvalue weighted by atomic mass is 15.2. The Morgan fingerprint density at radius 2 is 0.716 bits per heavy atom. The third kappa shape index (κ3) is 6.09. The molecule has 0 bridgehead atoms. The molecule has 0 atom stereocenters. The molecular weight excluding hydrogens is 812 g/mol. The predicted molar refractivity (Wildman–Crippen MR) is 282 cm³/mol. The van der Waals surface area contributed by atoms with Crippen LogP contribution in [0.25, 0.3) is 76.6 Å². The minimum Gasteiger partial charge on any atom is -0.311 e. The van der Waals surface area contributed by atoms with Gasteiger partial charge in [-0.1, -0.05) is 146 Å². The Bertz CT molecular complexity index is 3680. The normalized spacial score (nSPS) is 12.7. The van der Waals surface area contributed by atoms with E-state index >= 15 is 0 Å². The first kappa shape index (κ1) is 37.6. The number of hydrogen-bond acceptors (Lipinski definition) is 4. The van der Waals surface area contributed by atoms with E-state index in [4.69, 9.17) is 4.98 Å². The fraction of sp³-hybridized carbons (Fsp3) is 0. The molecule has 2 aliphatic rings. The van der Waals surface area contributed by atoms with Crippen molar-refractivity contribution in [1.29, 1.82) is 0 Å². The minimum atomic E-state index is -0.0825. The van der Waals surface area contributed by atoms with Gasteiger partial charge in [-0.25, -0.2) is 9.97 Å². The molecule has 1 aromatic heterocycles. The maximum absolute atomic E-state index is 4.88. The van der Waals surface area contributed by atoms with Gasteiger partial charge in [0, 0.05) is 45.9 Å². The first-order valence-corrected chi connectivity index (χ1v) is 23.0. The lowest BCUT2D eigenvalue weighted by Crippen LogP contribution is -2.61. The van der Waals surface area contributed by atoms with E-state index in [0.717, 1.165) is 34.0 Å². The van der Waals surface area contributed by atoms with Crippen molar-refractivity contribution in [2.75, 3.05) is 9.80 Å². The second kappa shape index (κ2) is 14.9. The van der Waals surface area contributed by atoms with E-state index in [0.29, 0.717) is 0 Å². The Kier molecular flexibility index (Phi) is 8.34. The zero-order chi connectivity index (χ0) is 44.0. The highest BCUT2D eigenvalue weighted by Crippen LogP contribution is 2.48. The Morgan fingerprint density at radius 3 is 1.13 bits per heavy atom. The standard InChI is InChI=1S/C62H39BN4/c1-3-11-40(12-4-1)42-19-23-53(24-20-42)66-58-35-50-31-46-17-9-7-15-44(46)29-48(50)33-55(58)63-56-34-49-30-45-16-8-10-18-47(45)32-51(49)36-59(56)67(54-25-21-43(22-26-54)41-13-5-2-6-14-41)61-38-52(37-60(66)62(61)63)57-27-28-64-39-65-57/h1-39H. The van der Waals surface area contributed by atoms with Crippen molar-refractivity contribution in [3.8, 4) is 33.5 Å². The summed E-state index contributed by atoms with van der Waals surface area (Å²) in [4.78, 5) is 14.2. The van der Waals surface area contributed by atoms with Crippen molar-refractivity contribution in [2.24, 2.45) is 0 Å². The first-order valence-electron chi connectivity index (χ1n) is 23.0. The Hall–Kier alpha value is -8.80. The molecule has 4 nitrogen and oxygen atoms in total. The van der Waals surface area contributed by atoms with Gasteiger partial charge in [0.1, 0.15) is 6.33 Å². The van der Waals surface area contributed by atoms with Crippen molar-refractivity contribution in [2.45, 2.75) is 0 Å². The number of benzene rings is 11. The van der Waals surface area contributed by atoms with Gasteiger partial charge in [-0.2, -0.15) is 0 Å². The molecule has 0 aliphatic carbocycles. The van der Waals surface area contributed by atoms with Crippen molar-refractivity contribution in [3.05, 3.63) is 237 Å². The first-order chi connectivity index (χ1) is 33.2. The van der Waals surface area contributed by atoms with Crippen LogP contribution in [0.5, 0.6) is 0 Å². The van der Waals surface area contributed by atoms with Crippen LogP contribution >= 0.6 is 0 Å². The lowest BCUT2D eigenvalue weighted by atomic mass is 9.33. The van der Waals surface area contributed by atoms with Crippen molar-refractivity contribution < 1.29 is 0 Å². The summed E-state index contributed by atoms with van der Waals surface area (Å²) in [5, 5.41) is 9.81. The molecule has 0 fully saturated rings. The van der Waals surface area contributed by atoms with Gasteiger partial charge < -0.3 is 9.80 Å². The summed E-state index contributed by atoms with van der Waals surface area (Å²) in [6, 6.07) is 83.0. The molecule has 11 aromatic carbocycles. The van der Waals surface area contributed by atoms with Crippen LogP contribution in [-0.4, -0.2) is 16.7 Å². The molecular formula is C62H39BN4. The van der Waals surface area contributed by atoms with E-state index in [-0.39, 0.29) is 6.71 Å². The van der Waals surface area contributed by atoms with Gasteiger partial charge in [0.25, 0.3) is 6.71 Å². The predicted octanol–water partition coefficient (Wildman–Crippen LogP) is 14.2. The molecule has 14 rings (SSSR count). The molecule has 0 radical (unpaired) electrons. The number of anilines is 6. The molecule has 0 unspecified atom stereocenters. The fourth-order valence-corrected chi connectivity index (χ4v) is 10.9. The fourth-order valence-electron chi connectivity index (χ4n) is 10.9. The Morgan fingerprint density at radius 1 is 0.313 bits per heavy atom. The third-order valence-corrected chi connectivity index (χ3v) is 14.1. The molecule has 67 heavy (non-hydrogen) atoms. The van der Waals surface area contributed by atoms with Crippen molar-refractivity contribution in [1.82, 2.24) is 9.97 Å². The van der Waals surface area contributed by atoms with Gasteiger partial charge in [-0.15, -0.1) is 0 Å². The summed E-state index contributed by atoms with van der Waals surface area (Å²) < 4.78 is 0. The maximum Gasteiger partial charge on any atom is 0.252 e. The van der Waals surface area contributed by atoms with Gasteiger partial charge in [0.15, 0.2) is 0 Å². The summed E-state index contributed by atoms with van der Waals surface area (Å²) in [7, 11) is 0. The molecule has 0 N–H and O–H groups in total. The van der Waals surface area contributed by atoms with E-state index in [1.54, 1.807) is 6.33 Å². The molecule has 0 spiro atoms. The highest BCUT2D eigenvalue weighted by molar-refractivity contribution is 7.00. The third-order valence-electron chi connectivity index (χ3n) is 14.1. The Balaban J connectivity index is 1.09. The van der Waals surface area contributed by atoms with Crippen LogP contribution in [0.15, 0.2) is 237 Å². The highest BCUT2D eigenvalue weighted by Gasteiger charge is 2.44. The molecule has 12 aromatic rings. The largest absolute Gasteiger partial charge is 0.311 e. The quantitative estimate of drug-likeness (QED) is 0.128. The van der Waals surface area contributed by atoms with Crippen LogP contribution in [0, 0.1) is 0 Å². The minimum absolute atomic E-state index is 0.0825. The second-order valence-electron chi connectivity index (χ2n) is 17.9. The zero-order valence-electron chi connectivity index (χ0n) is 36.4. The zero-order valence-corrected chi connectivity index (χ0v) is 36.4. The average molecular weight is 851 g/mol. The lowest BCUT2D eigenvalue weighted by molar-refractivity contribution is 1.17. The van der Waals surface area contributed by atoms with Crippen LogP contribution in [0.2, 0.25) is 0 Å². The molecule has 2 aliphatic heterocycles. The van der Waals surface area contributed by atoms with Crippen molar-refractivity contribution in [3.63, 3.8) is 0 Å². The van der Waals surface area contributed by atoms with Gasteiger partial charge in [-0.3, -0.25) is 0 Å². The topological polar surface area (TPSA) is 32.3 Å². The average Bonchev–Trinajstić information content (AvgIpc) is 3.39. The number of aromatic nitrogens is 2. The number of fused-ring (bicyclic) bond motifs is 8. The number of rotatable bonds is 5. The van der Waals surface area contributed by atoms with E-state index < -0.39 is 0 Å². The van der Waals surface area contributed by atoms with E-state index in [9.17, 15) is 0 Å². The smallest absolute Gasteiger partial charge is 0.252 e. The lowest BCUT2D eigenvalue weighted by Gasteiger charge is -2.44. The Labute approximate surface area is 388 Å². The summed E-state index contributed by atoms with van der Waals surface area (Å²) in [5.74, 6) is 0. The van der Waals surface area contributed by atoms with Crippen LogP contribution in [0.3, 0.4) is 0 Å². The van der Waals surface area contributed by atoms with Crippen LogP contribution < -0.4 is 26.2 Å². The molecule has 3 heterocycles. The molecule has 310 valence electrons. The number of nitrogens with zero attached hydrogens (tertiary/aromatic N) is 4. The van der Waals surface area contributed by atoms with Crippen LogP contribution in [0.4, 0.5) is 34.1 Å². The van der Waals surface area contributed by atoms with Crippen LogP contribution in [0.1, 0.15) is 0 Å². The monoisotopic (exact) mass is 850 g/mol. The SMILES string of the molecule is c1ccc(-c2ccc(N3c4cc5cc6ccccc6cc5cc4B4c5cc6cc7ccccc7cc6cc5N(c5ccc(-c6ccccc6)cc5)c5cc(-c6ccncn6)cc3c54)cc2)cc1. The number of hydrogen-bond donors (Lipinski definition) is 0. The van der Waals surface area contributed by atoms with E-state index in [1.165, 1.54) is 93.1 Å².